The predicted octanol–water partition coefficient (Wildman–Crippen LogP) is 6.12. The molecular formula is C25H30F3NO4. The maximum atomic E-state index is 13.0. The number of benzene rings is 2. The molecule has 0 saturated carbocycles. The van der Waals surface area contributed by atoms with Gasteiger partial charge >= 0.3 is 12.3 Å². The van der Waals surface area contributed by atoms with Crippen LogP contribution in [0.1, 0.15) is 56.8 Å². The number of aryl methyl sites for hydroxylation is 1. The van der Waals surface area contributed by atoms with E-state index < -0.39 is 35.4 Å². The van der Waals surface area contributed by atoms with Gasteiger partial charge in [-0.15, -0.1) is 0 Å². The number of carbonyl (C=O) groups excluding carboxylic acids is 2. The third-order valence-corrected chi connectivity index (χ3v) is 5.10. The third kappa shape index (κ3) is 8.11. The zero-order valence-electron chi connectivity index (χ0n) is 19.5. The summed E-state index contributed by atoms with van der Waals surface area (Å²) in [5.74, 6) is -0.110. The van der Waals surface area contributed by atoms with Gasteiger partial charge in [0.25, 0.3) is 0 Å². The Hall–Kier alpha value is -3.03. The second-order valence-corrected chi connectivity index (χ2v) is 8.85. The molecule has 0 aromatic heterocycles. The molecule has 2 unspecified atom stereocenters. The van der Waals surface area contributed by atoms with Crippen LogP contribution in [-0.2, 0) is 22.1 Å². The highest BCUT2D eigenvalue weighted by atomic mass is 19.4. The minimum absolute atomic E-state index is 0.133. The van der Waals surface area contributed by atoms with E-state index in [-0.39, 0.29) is 12.2 Å². The predicted molar refractivity (Wildman–Crippen MR) is 119 cm³/mol. The summed E-state index contributed by atoms with van der Waals surface area (Å²) in [7, 11) is 1.57. The number of hydrogen-bond acceptors (Lipinski definition) is 4. The number of methoxy groups -OCH3 is 1. The Balaban J connectivity index is 2.19. The topological polar surface area (TPSA) is 64.6 Å². The van der Waals surface area contributed by atoms with Gasteiger partial charge < -0.3 is 14.8 Å². The molecule has 0 heterocycles. The minimum atomic E-state index is -4.48. The van der Waals surface area contributed by atoms with Crippen LogP contribution in [-0.4, -0.2) is 24.6 Å². The lowest BCUT2D eigenvalue weighted by Gasteiger charge is -2.27. The summed E-state index contributed by atoms with van der Waals surface area (Å²) in [6.07, 6.45) is -4.53. The molecule has 0 fully saturated rings. The number of alkyl halides is 3. The number of amides is 1. The smallest absolute Gasteiger partial charge is 0.416 e. The number of ketones is 1. The standard InChI is InChI=1S/C25H30F3NO4/c1-16(21(30)15-8-17-6-13-20(32-5)14-7-17)22(29-23(31)33-24(2,3)4)18-9-11-19(12-10-18)25(26,27)28/h6-7,9-14,16,22H,8,15H2,1-5H3,(H,29,31). The van der Waals surface area contributed by atoms with Gasteiger partial charge in [-0.2, -0.15) is 13.2 Å². The number of nitrogens with one attached hydrogen (secondary N) is 1. The summed E-state index contributed by atoms with van der Waals surface area (Å²) in [4.78, 5) is 25.3. The van der Waals surface area contributed by atoms with Crippen molar-refractivity contribution in [3.63, 3.8) is 0 Å². The number of carbonyl (C=O) groups is 2. The monoisotopic (exact) mass is 465 g/mol. The molecule has 0 aliphatic heterocycles. The van der Waals surface area contributed by atoms with Crippen molar-refractivity contribution < 1.29 is 32.2 Å². The maximum Gasteiger partial charge on any atom is 0.416 e. The van der Waals surface area contributed by atoms with Crippen LogP contribution in [0.15, 0.2) is 48.5 Å². The number of halogens is 3. The second-order valence-electron chi connectivity index (χ2n) is 8.85. The SMILES string of the molecule is COc1ccc(CCC(=O)C(C)C(NC(=O)OC(C)(C)C)c2ccc(C(F)(F)F)cc2)cc1. The lowest BCUT2D eigenvalue weighted by atomic mass is 9.88. The summed E-state index contributed by atoms with van der Waals surface area (Å²) in [6.45, 7) is 6.74. The van der Waals surface area contributed by atoms with Gasteiger partial charge in [0.05, 0.1) is 18.7 Å². The molecule has 33 heavy (non-hydrogen) atoms. The van der Waals surface area contributed by atoms with E-state index in [1.807, 2.05) is 12.1 Å². The van der Waals surface area contributed by atoms with Gasteiger partial charge in [-0.3, -0.25) is 4.79 Å². The fraction of sp³-hybridized carbons (Fsp3) is 0.440. The Labute approximate surface area is 192 Å². The van der Waals surface area contributed by atoms with E-state index in [1.165, 1.54) is 12.1 Å². The van der Waals surface area contributed by atoms with Crippen LogP contribution in [0.3, 0.4) is 0 Å². The van der Waals surface area contributed by atoms with E-state index in [0.29, 0.717) is 17.7 Å². The van der Waals surface area contributed by atoms with Crippen LogP contribution >= 0.6 is 0 Å². The molecule has 0 aliphatic rings. The Kier molecular flexibility index (Phi) is 8.52. The number of rotatable bonds is 8. The van der Waals surface area contributed by atoms with E-state index in [4.69, 9.17) is 9.47 Å². The highest BCUT2D eigenvalue weighted by Crippen LogP contribution is 2.32. The van der Waals surface area contributed by atoms with Gasteiger partial charge in [-0.25, -0.2) is 4.79 Å². The highest BCUT2D eigenvalue weighted by molar-refractivity contribution is 5.82. The average Bonchev–Trinajstić information content (AvgIpc) is 2.74. The summed E-state index contributed by atoms with van der Waals surface area (Å²) < 4.78 is 49.3. The molecule has 180 valence electrons. The summed E-state index contributed by atoms with van der Waals surface area (Å²) in [5, 5.41) is 2.66. The molecule has 1 amide bonds. The molecule has 2 aromatic rings. The van der Waals surface area contributed by atoms with Crippen molar-refractivity contribution in [1.82, 2.24) is 5.32 Å². The summed E-state index contributed by atoms with van der Waals surface area (Å²) in [6, 6.07) is 10.9. The van der Waals surface area contributed by atoms with E-state index in [2.05, 4.69) is 5.32 Å². The van der Waals surface area contributed by atoms with E-state index in [0.717, 1.165) is 17.7 Å². The number of Topliss-reactive ketones (excluding diaryl/α,β-unsaturated/α-hetero) is 1. The Morgan fingerprint density at radius 3 is 2.03 bits per heavy atom. The van der Waals surface area contributed by atoms with Gasteiger partial charge in [0.1, 0.15) is 17.1 Å². The summed E-state index contributed by atoms with van der Waals surface area (Å²) >= 11 is 0. The quantitative estimate of drug-likeness (QED) is 0.510. The first kappa shape index (κ1) is 26.2. The fourth-order valence-electron chi connectivity index (χ4n) is 3.28. The van der Waals surface area contributed by atoms with Gasteiger partial charge in [-0.05, 0) is 62.6 Å². The second kappa shape index (κ2) is 10.7. The number of alkyl carbamates (subject to hydrolysis) is 1. The maximum absolute atomic E-state index is 13.0. The Morgan fingerprint density at radius 1 is 0.970 bits per heavy atom. The molecule has 8 heteroatoms. The lowest BCUT2D eigenvalue weighted by molar-refractivity contribution is -0.137. The van der Waals surface area contributed by atoms with Crippen LogP contribution in [0.2, 0.25) is 0 Å². The minimum Gasteiger partial charge on any atom is -0.497 e. The normalized spacial score (nSPS) is 13.7. The van der Waals surface area contributed by atoms with Gasteiger partial charge in [-0.1, -0.05) is 31.2 Å². The van der Waals surface area contributed by atoms with Crippen molar-refractivity contribution in [3.8, 4) is 5.75 Å². The van der Waals surface area contributed by atoms with Crippen molar-refractivity contribution in [2.45, 2.75) is 58.4 Å². The molecule has 2 atom stereocenters. The zero-order chi connectivity index (χ0) is 24.8. The summed E-state index contributed by atoms with van der Waals surface area (Å²) in [5.41, 5.74) is -0.237. The van der Waals surface area contributed by atoms with Gasteiger partial charge in [0, 0.05) is 12.3 Å². The largest absolute Gasteiger partial charge is 0.497 e. The molecule has 0 aliphatic carbocycles. The van der Waals surface area contributed by atoms with Crippen molar-refractivity contribution in [3.05, 3.63) is 65.2 Å². The first-order chi connectivity index (χ1) is 15.3. The third-order valence-electron chi connectivity index (χ3n) is 5.10. The van der Waals surface area contributed by atoms with Crippen LogP contribution in [0.25, 0.3) is 0 Å². The average molecular weight is 466 g/mol. The number of hydrogen-bond donors (Lipinski definition) is 1. The molecule has 0 radical (unpaired) electrons. The first-order valence-electron chi connectivity index (χ1n) is 10.6. The van der Waals surface area contributed by atoms with Crippen molar-refractivity contribution in [2.24, 2.45) is 5.92 Å². The molecule has 5 nitrogen and oxygen atoms in total. The van der Waals surface area contributed by atoms with Crippen LogP contribution in [0.4, 0.5) is 18.0 Å². The van der Waals surface area contributed by atoms with Crippen LogP contribution < -0.4 is 10.1 Å². The molecule has 2 rings (SSSR count). The zero-order valence-corrected chi connectivity index (χ0v) is 19.5. The number of ether oxygens (including phenoxy) is 2. The van der Waals surface area contributed by atoms with Crippen molar-refractivity contribution >= 4 is 11.9 Å². The Morgan fingerprint density at radius 2 is 1.55 bits per heavy atom. The van der Waals surface area contributed by atoms with Crippen molar-refractivity contribution in [1.29, 1.82) is 0 Å². The van der Waals surface area contributed by atoms with Crippen molar-refractivity contribution in [2.75, 3.05) is 7.11 Å². The van der Waals surface area contributed by atoms with E-state index in [1.54, 1.807) is 46.9 Å². The molecule has 0 bridgehead atoms. The highest BCUT2D eigenvalue weighted by Gasteiger charge is 2.32. The van der Waals surface area contributed by atoms with Gasteiger partial charge in [0.2, 0.25) is 0 Å². The first-order valence-corrected chi connectivity index (χ1v) is 10.6. The molecule has 0 saturated heterocycles. The van der Waals surface area contributed by atoms with E-state index >= 15 is 0 Å². The lowest BCUT2D eigenvalue weighted by Crippen LogP contribution is -2.39. The van der Waals surface area contributed by atoms with E-state index in [9.17, 15) is 22.8 Å². The van der Waals surface area contributed by atoms with Crippen LogP contribution in [0, 0.1) is 5.92 Å². The van der Waals surface area contributed by atoms with Crippen LogP contribution in [0.5, 0.6) is 5.75 Å². The Bertz CT molecular complexity index is 932. The fourth-order valence-corrected chi connectivity index (χ4v) is 3.28. The van der Waals surface area contributed by atoms with Gasteiger partial charge in [0.15, 0.2) is 0 Å². The molecular weight excluding hydrogens is 435 g/mol. The molecule has 1 N–H and O–H groups in total. The molecule has 2 aromatic carbocycles. The molecule has 0 spiro atoms.